The van der Waals surface area contributed by atoms with Crippen molar-refractivity contribution in [1.29, 1.82) is 0 Å². The first-order chi connectivity index (χ1) is 8.39. The molecule has 0 N–H and O–H groups in total. The van der Waals surface area contributed by atoms with Crippen molar-refractivity contribution in [3.63, 3.8) is 0 Å². The number of halogens is 4. The predicted octanol–water partition coefficient (Wildman–Crippen LogP) is 4.29. The molecule has 0 spiro atoms. The van der Waals surface area contributed by atoms with Crippen molar-refractivity contribution < 1.29 is 22.4 Å². The lowest BCUT2D eigenvalue weighted by atomic mass is 10.0. The highest BCUT2D eigenvalue weighted by atomic mass is 79.9. The van der Waals surface area contributed by atoms with E-state index in [0.29, 0.717) is 0 Å². The molecule has 0 aliphatic heterocycles. The van der Waals surface area contributed by atoms with Crippen LogP contribution in [0.15, 0.2) is 45.5 Å². The number of hydrogen-bond donors (Lipinski definition) is 0. The van der Waals surface area contributed by atoms with Gasteiger partial charge in [-0.3, -0.25) is 4.79 Å². The largest absolute Gasteiger partial charge is 0.446 e. The number of ketones is 1. The zero-order chi connectivity index (χ0) is 13.3. The molecule has 0 amide bonds. The van der Waals surface area contributed by atoms with Gasteiger partial charge in [0.15, 0.2) is 10.4 Å². The molecule has 0 bridgehead atoms. The SMILES string of the molecule is O=C(c1ccc(Br)o1)c1ccccc1C(F)(F)F. The average molecular weight is 319 g/mol. The summed E-state index contributed by atoms with van der Waals surface area (Å²) < 4.78 is 43.5. The van der Waals surface area contributed by atoms with Gasteiger partial charge in [0.2, 0.25) is 5.78 Å². The number of carbonyl (C=O) groups excluding carboxylic acids is 1. The Morgan fingerprint density at radius 2 is 1.78 bits per heavy atom. The molecule has 1 aromatic heterocycles. The lowest BCUT2D eigenvalue weighted by Crippen LogP contribution is -2.13. The van der Waals surface area contributed by atoms with Gasteiger partial charge >= 0.3 is 6.18 Å². The van der Waals surface area contributed by atoms with Gasteiger partial charge in [0.05, 0.1) is 5.56 Å². The van der Waals surface area contributed by atoms with Crippen LogP contribution in [0.2, 0.25) is 0 Å². The van der Waals surface area contributed by atoms with E-state index in [4.69, 9.17) is 4.42 Å². The van der Waals surface area contributed by atoms with Gasteiger partial charge in [-0.2, -0.15) is 13.2 Å². The second-order valence-corrected chi connectivity index (χ2v) is 4.26. The summed E-state index contributed by atoms with van der Waals surface area (Å²) in [6.45, 7) is 0. The Morgan fingerprint density at radius 3 is 2.33 bits per heavy atom. The van der Waals surface area contributed by atoms with E-state index in [2.05, 4.69) is 15.9 Å². The monoisotopic (exact) mass is 318 g/mol. The van der Waals surface area contributed by atoms with E-state index < -0.39 is 23.1 Å². The van der Waals surface area contributed by atoms with Gasteiger partial charge in [0.1, 0.15) is 0 Å². The molecular weight excluding hydrogens is 313 g/mol. The summed E-state index contributed by atoms with van der Waals surface area (Å²) in [6.07, 6.45) is -4.57. The van der Waals surface area contributed by atoms with Gasteiger partial charge in [-0.25, -0.2) is 0 Å². The van der Waals surface area contributed by atoms with Crippen LogP contribution in [-0.4, -0.2) is 5.78 Å². The molecular formula is C12H6BrF3O2. The molecule has 94 valence electrons. The standard InChI is InChI=1S/C12H6BrF3O2/c13-10-6-5-9(18-10)11(17)7-3-1-2-4-8(7)12(14,15)16/h1-6H. The summed E-state index contributed by atoms with van der Waals surface area (Å²) in [6, 6.07) is 7.37. The smallest absolute Gasteiger partial charge is 0.417 e. The summed E-state index contributed by atoms with van der Waals surface area (Å²) in [5.41, 5.74) is -1.39. The highest BCUT2D eigenvalue weighted by molar-refractivity contribution is 9.10. The van der Waals surface area contributed by atoms with Crippen LogP contribution in [-0.2, 0) is 6.18 Å². The summed E-state index contributed by atoms with van der Waals surface area (Å²) >= 11 is 2.99. The molecule has 2 rings (SSSR count). The molecule has 0 unspecified atom stereocenters. The molecule has 1 heterocycles. The highest BCUT2D eigenvalue weighted by Gasteiger charge is 2.35. The fourth-order valence-corrected chi connectivity index (χ4v) is 1.80. The second-order valence-electron chi connectivity index (χ2n) is 3.48. The molecule has 0 aliphatic rings. The molecule has 0 fully saturated rings. The maximum atomic E-state index is 12.7. The van der Waals surface area contributed by atoms with Crippen molar-refractivity contribution in [2.45, 2.75) is 6.18 Å². The van der Waals surface area contributed by atoms with Crippen molar-refractivity contribution in [3.05, 3.63) is 58.0 Å². The maximum absolute atomic E-state index is 12.7. The lowest BCUT2D eigenvalue weighted by Gasteiger charge is -2.10. The van der Waals surface area contributed by atoms with Crippen molar-refractivity contribution >= 4 is 21.7 Å². The van der Waals surface area contributed by atoms with Crippen molar-refractivity contribution in [3.8, 4) is 0 Å². The van der Waals surface area contributed by atoms with Crippen LogP contribution >= 0.6 is 15.9 Å². The third kappa shape index (κ3) is 2.48. The molecule has 2 aromatic rings. The maximum Gasteiger partial charge on any atom is 0.417 e. The Balaban J connectivity index is 2.49. The van der Waals surface area contributed by atoms with Gasteiger partial charge in [0.25, 0.3) is 0 Å². The lowest BCUT2D eigenvalue weighted by molar-refractivity contribution is -0.137. The Labute approximate surface area is 109 Å². The van der Waals surface area contributed by atoms with E-state index in [0.717, 1.165) is 12.1 Å². The molecule has 1 aromatic carbocycles. The van der Waals surface area contributed by atoms with Crippen molar-refractivity contribution in [2.24, 2.45) is 0 Å². The van der Waals surface area contributed by atoms with Crippen LogP contribution < -0.4 is 0 Å². The number of rotatable bonds is 2. The number of carbonyl (C=O) groups is 1. The van der Waals surface area contributed by atoms with Crippen LogP contribution in [0.4, 0.5) is 13.2 Å². The van der Waals surface area contributed by atoms with Gasteiger partial charge in [-0.1, -0.05) is 18.2 Å². The van der Waals surface area contributed by atoms with Gasteiger partial charge < -0.3 is 4.42 Å². The van der Waals surface area contributed by atoms with Crippen LogP contribution in [0.1, 0.15) is 21.7 Å². The van der Waals surface area contributed by atoms with Crippen LogP contribution in [0.3, 0.4) is 0 Å². The van der Waals surface area contributed by atoms with E-state index in [1.807, 2.05) is 0 Å². The molecule has 6 heteroatoms. The Hall–Kier alpha value is -1.56. The van der Waals surface area contributed by atoms with E-state index >= 15 is 0 Å². The number of benzene rings is 1. The summed E-state index contributed by atoms with van der Waals surface area (Å²) in [7, 11) is 0. The van der Waals surface area contributed by atoms with E-state index in [1.165, 1.54) is 24.3 Å². The Kier molecular flexibility index (Phi) is 3.30. The van der Waals surface area contributed by atoms with Crippen molar-refractivity contribution in [2.75, 3.05) is 0 Å². The first-order valence-electron chi connectivity index (χ1n) is 4.86. The normalized spacial score (nSPS) is 11.6. The third-order valence-corrected chi connectivity index (χ3v) is 2.70. The van der Waals surface area contributed by atoms with Gasteiger partial charge in [0, 0.05) is 5.56 Å². The summed E-state index contributed by atoms with van der Waals surface area (Å²) in [4.78, 5) is 11.9. The first kappa shape index (κ1) is 12.9. The summed E-state index contributed by atoms with van der Waals surface area (Å²) in [5, 5.41) is 0. The second kappa shape index (κ2) is 4.61. The number of alkyl halides is 3. The van der Waals surface area contributed by atoms with Crippen LogP contribution in [0, 0.1) is 0 Å². The van der Waals surface area contributed by atoms with Gasteiger partial charge in [-0.05, 0) is 34.1 Å². The minimum atomic E-state index is -4.57. The van der Waals surface area contributed by atoms with Crippen LogP contribution in [0.5, 0.6) is 0 Å². The predicted molar refractivity (Wildman–Crippen MR) is 61.3 cm³/mol. The minimum Gasteiger partial charge on any atom is -0.446 e. The van der Waals surface area contributed by atoms with Crippen molar-refractivity contribution in [1.82, 2.24) is 0 Å². The molecule has 0 radical (unpaired) electrons. The highest BCUT2D eigenvalue weighted by Crippen LogP contribution is 2.33. The van der Waals surface area contributed by atoms with Crippen LogP contribution in [0.25, 0.3) is 0 Å². The van der Waals surface area contributed by atoms with E-state index in [1.54, 1.807) is 0 Å². The van der Waals surface area contributed by atoms with E-state index in [-0.39, 0.29) is 10.4 Å². The fourth-order valence-electron chi connectivity index (χ4n) is 1.50. The number of hydrogen-bond acceptors (Lipinski definition) is 2. The third-order valence-electron chi connectivity index (χ3n) is 2.27. The van der Waals surface area contributed by atoms with E-state index in [9.17, 15) is 18.0 Å². The topological polar surface area (TPSA) is 30.2 Å². The molecule has 0 atom stereocenters. The zero-order valence-corrected chi connectivity index (χ0v) is 10.4. The fraction of sp³-hybridized carbons (Fsp3) is 0.0833. The Bertz CT molecular complexity index is 587. The minimum absolute atomic E-state index is 0.140. The quantitative estimate of drug-likeness (QED) is 0.773. The Morgan fingerprint density at radius 1 is 1.11 bits per heavy atom. The molecule has 0 aliphatic carbocycles. The zero-order valence-electron chi connectivity index (χ0n) is 8.79. The first-order valence-corrected chi connectivity index (χ1v) is 5.65. The molecule has 2 nitrogen and oxygen atoms in total. The molecule has 0 saturated carbocycles. The molecule has 0 saturated heterocycles. The number of furan rings is 1. The summed E-state index contributed by atoms with van der Waals surface area (Å²) in [5.74, 6) is -0.938. The van der Waals surface area contributed by atoms with Gasteiger partial charge in [-0.15, -0.1) is 0 Å². The molecule has 18 heavy (non-hydrogen) atoms. The average Bonchev–Trinajstić information content (AvgIpc) is 2.74.